The zero-order valence-corrected chi connectivity index (χ0v) is 8.63. The number of nitrogens with one attached hydrogen (secondary N) is 1. The Balaban J connectivity index is 4.23. The molecule has 0 aromatic heterocycles. The Morgan fingerprint density at radius 2 is 2.25 bits per heavy atom. The van der Waals surface area contributed by atoms with Crippen molar-refractivity contribution in [2.24, 2.45) is 0 Å². The molecule has 0 bridgehead atoms. The Bertz CT molecular complexity index is 236. The van der Waals surface area contributed by atoms with E-state index in [-0.39, 0.29) is 5.91 Å². The maximum absolute atomic E-state index is 11.2. The summed E-state index contributed by atoms with van der Waals surface area (Å²) in [4.78, 5) is 10.5. The van der Waals surface area contributed by atoms with Crippen LogP contribution in [0.15, 0.2) is 22.3 Å². The number of thioether (sulfide) groups is 1. The second-order valence-corrected chi connectivity index (χ2v) is 4.27. The molecule has 3 nitrogen and oxygen atoms in total. The Kier molecular flexibility index (Phi) is 5.74. The monoisotopic (exact) mass is 205 g/mol. The van der Waals surface area contributed by atoms with Crippen LogP contribution in [0.5, 0.6) is 0 Å². The van der Waals surface area contributed by atoms with Gasteiger partial charge in [0.05, 0.1) is 4.24 Å². The summed E-state index contributed by atoms with van der Waals surface area (Å²) in [5.41, 5.74) is 0. The molecule has 0 saturated carbocycles. The van der Waals surface area contributed by atoms with Gasteiger partial charge in [-0.1, -0.05) is 24.4 Å². The van der Waals surface area contributed by atoms with E-state index < -0.39 is 11.0 Å². The molecule has 0 radical (unpaired) electrons. The number of hydrogen-bond acceptors (Lipinski definition) is 3. The Morgan fingerprint density at radius 1 is 1.67 bits per heavy atom. The van der Waals surface area contributed by atoms with Gasteiger partial charge in [0, 0.05) is 6.92 Å². The number of amides is 1. The van der Waals surface area contributed by atoms with Crippen molar-refractivity contribution in [1.82, 2.24) is 4.72 Å². The van der Waals surface area contributed by atoms with Gasteiger partial charge in [-0.3, -0.25) is 9.52 Å². The summed E-state index contributed by atoms with van der Waals surface area (Å²) in [6, 6.07) is 0. The van der Waals surface area contributed by atoms with E-state index in [1.807, 2.05) is 0 Å². The van der Waals surface area contributed by atoms with Gasteiger partial charge >= 0.3 is 0 Å². The van der Waals surface area contributed by atoms with Crippen molar-refractivity contribution in [3.05, 3.63) is 22.3 Å². The zero-order valence-electron chi connectivity index (χ0n) is 6.99. The first-order valence-electron chi connectivity index (χ1n) is 3.24. The summed E-state index contributed by atoms with van der Waals surface area (Å²) in [6.07, 6.45) is 1.68. The molecule has 0 rings (SSSR count). The van der Waals surface area contributed by atoms with Crippen molar-refractivity contribution < 1.29 is 9.00 Å². The quantitative estimate of drug-likeness (QED) is 0.757. The molecule has 0 aliphatic rings. The van der Waals surface area contributed by atoms with E-state index in [2.05, 4.69) is 11.3 Å². The number of carbonyl (C=O) groups is 1. The molecule has 0 heterocycles. The second-order valence-electron chi connectivity index (χ2n) is 1.82. The minimum atomic E-state index is -1.43. The lowest BCUT2D eigenvalue weighted by Gasteiger charge is -2.02. The van der Waals surface area contributed by atoms with Crippen LogP contribution in [0.25, 0.3) is 0 Å². The molecule has 0 aromatic rings. The minimum Gasteiger partial charge on any atom is -0.274 e. The smallest absolute Gasteiger partial charge is 0.228 e. The number of hydrogen-bond donors (Lipinski definition) is 1. The van der Waals surface area contributed by atoms with Gasteiger partial charge in [0.2, 0.25) is 5.91 Å². The highest BCUT2D eigenvalue weighted by Gasteiger charge is 2.06. The van der Waals surface area contributed by atoms with Gasteiger partial charge in [-0.25, -0.2) is 4.21 Å². The summed E-state index contributed by atoms with van der Waals surface area (Å²) in [5, 5.41) is 1.56. The standard InChI is InChI=1S/C7H11NO2S2/c1-4-7(11-5-2)12(10)8-6(3)9/h4-5H,2H2,1,3H3,(H,8,9)/b7-4+. The molecule has 1 N–H and O–H groups in total. The predicted molar refractivity (Wildman–Crippen MR) is 53.5 cm³/mol. The zero-order chi connectivity index (χ0) is 9.56. The first-order chi connectivity index (χ1) is 5.61. The Hall–Kier alpha value is -0.550. The summed E-state index contributed by atoms with van der Waals surface area (Å²) >= 11 is 1.24. The molecule has 0 aliphatic heterocycles. The average Bonchev–Trinajstić information content (AvgIpc) is 1.98. The van der Waals surface area contributed by atoms with E-state index in [9.17, 15) is 9.00 Å². The molecule has 0 aromatic carbocycles. The summed E-state index contributed by atoms with van der Waals surface area (Å²) in [7, 11) is -1.43. The largest absolute Gasteiger partial charge is 0.274 e. The van der Waals surface area contributed by atoms with Crippen LogP contribution in [0.2, 0.25) is 0 Å². The van der Waals surface area contributed by atoms with Crippen LogP contribution in [0, 0.1) is 0 Å². The molecule has 0 fully saturated rings. The molecule has 1 amide bonds. The molecule has 0 saturated heterocycles. The fourth-order valence-corrected chi connectivity index (χ4v) is 2.04. The highest BCUT2D eigenvalue weighted by molar-refractivity contribution is 8.17. The summed E-state index contributed by atoms with van der Waals surface area (Å²) in [5.74, 6) is -0.308. The number of carbonyl (C=O) groups excluding carboxylic acids is 1. The normalized spacial score (nSPS) is 13.7. The van der Waals surface area contributed by atoms with Crippen LogP contribution in [0.1, 0.15) is 13.8 Å². The van der Waals surface area contributed by atoms with E-state index in [0.717, 1.165) is 0 Å². The van der Waals surface area contributed by atoms with Gasteiger partial charge < -0.3 is 0 Å². The van der Waals surface area contributed by atoms with E-state index in [4.69, 9.17) is 0 Å². The van der Waals surface area contributed by atoms with E-state index in [0.29, 0.717) is 4.24 Å². The maximum Gasteiger partial charge on any atom is 0.228 e. The highest BCUT2D eigenvalue weighted by atomic mass is 32.2. The van der Waals surface area contributed by atoms with Gasteiger partial charge in [0.25, 0.3) is 0 Å². The molecular weight excluding hydrogens is 194 g/mol. The van der Waals surface area contributed by atoms with E-state index in [1.165, 1.54) is 18.7 Å². The fourth-order valence-electron chi connectivity index (χ4n) is 0.482. The molecule has 68 valence electrons. The van der Waals surface area contributed by atoms with Gasteiger partial charge in [-0.05, 0) is 12.3 Å². The van der Waals surface area contributed by atoms with Crippen LogP contribution in [0.3, 0.4) is 0 Å². The predicted octanol–water partition coefficient (Wildman–Crippen LogP) is 1.52. The number of rotatable bonds is 4. The average molecular weight is 205 g/mol. The fraction of sp³-hybridized carbons (Fsp3) is 0.286. The third-order valence-corrected chi connectivity index (χ3v) is 3.31. The van der Waals surface area contributed by atoms with Crippen LogP contribution >= 0.6 is 11.8 Å². The Morgan fingerprint density at radius 3 is 2.58 bits per heavy atom. The first-order valence-corrected chi connectivity index (χ1v) is 5.27. The van der Waals surface area contributed by atoms with E-state index >= 15 is 0 Å². The van der Waals surface area contributed by atoms with Crippen molar-refractivity contribution in [2.75, 3.05) is 0 Å². The third kappa shape index (κ3) is 4.35. The molecule has 1 unspecified atom stereocenters. The van der Waals surface area contributed by atoms with E-state index in [1.54, 1.807) is 18.4 Å². The lowest BCUT2D eigenvalue weighted by atomic mass is 10.8. The van der Waals surface area contributed by atoms with Gasteiger partial charge in [0.1, 0.15) is 0 Å². The highest BCUT2D eigenvalue weighted by Crippen LogP contribution is 2.18. The second kappa shape index (κ2) is 6.02. The molecule has 0 spiro atoms. The molecular formula is C7H11NO2S2. The third-order valence-electron chi connectivity index (χ3n) is 0.854. The lowest BCUT2D eigenvalue weighted by Crippen LogP contribution is -2.22. The van der Waals surface area contributed by atoms with Gasteiger partial charge in [-0.15, -0.1) is 0 Å². The van der Waals surface area contributed by atoms with Crippen molar-refractivity contribution in [2.45, 2.75) is 13.8 Å². The maximum atomic E-state index is 11.2. The Labute approximate surface area is 78.9 Å². The topological polar surface area (TPSA) is 46.2 Å². The van der Waals surface area contributed by atoms with Gasteiger partial charge in [-0.2, -0.15) is 0 Å². The molecule has 1 atom stereocenters. The van der Waals surface area contributed by atoms with Crippen molar-refractivity contribution in [3.63, 3.8) is 0 Å². The van der Waals surface area contributed by atoms with Crippen LogP contribution in [-0.4, -0.2) is 10.1 Å². The molecule has 5 heteroatoms. The van der Waals surface area contributed by atoms with Gasteiger partial charge in [0.15, 0.2) is 11.0 Å². The van der Waals surface area contributed by atoms with Crippen molar-refractivity contribution in [3.8, 4) is 0 Å². The molecule has 0 aliphatic carbocycles. The molecule has 12 heavy (non-hydrogen) atoms. The van der Waals surface area contributed by atoms with Crippen LogP contribution < -0.4 is 4.72 Å². The first kappa shape index (κ1) is 11.4. The SMILES string of the molecule is C=CS/C(=C\C)S(=O)NC(C)=O. The number of allylic oxidation sites excluding steroid dienone is 1. The lowest BCUT2D eigenvalue weighted by molar-refractivity contribution is -0.117. The summed E-state index contributed by atoms with van der Waals surface area (Å²) < 4.78 is 14.1. The van der Waals surface area contributed by atoms with Crippen molar-refractivity contribution >= 4 is 28.7 Å². The van der Waals surface area contributed by atoms with Crippen LogP contribution in [-0.2, 0) is 15.8 Å². The van der Waals surface area contributed by atoms with Crippen LogP contribution in [0.4, 0.5) is 0 Å². The minimum absolute atomic E-state index is 0.308. The van der Waals surface area contributed by atoms with Crippen molar-refractivity contribution in [1.29, 1.82) is 0 Å². The summed E-state index contributed by atoms with van der Waals surface area (Å²) in [6.45, 7) is 6.56.